The van der Waals surface area contributed by atoms with Gasteiger partial charge < -0.3 is 15.2 Å². The minimum Gasteiger partial charge on any atom is -0.477 e. The molecule has 1 aliphatic heterocycles. The number of aromatic carboxylic acids is 1. The second kappa shape index (κ2) is 8.95. The van der Waals surface area contributed by atoms with Gasteiger partial charge in [0.15, 0.2) is 0 Å². The Balaban J connectivity index is 1.74. The summed E-state index contributed by atoms with van der Waals surface area (Å²) in [5, 5.41) is 12.8. The molecule has 3 aromatic rings. The number of pyridine rings is 1. The van der Waals surface area contributed by atoms with Crippen LogP contribution >= 0.6 is 0 Å². The molecule has 0 radical (unpaired) electrons. The van der Waals surface area contributed by atoms with E-state index >= 15 is 0 Å². The maximum Gasteiger partial charge on any atom is 0.353 e. The third kappa shape index (κ3) is 4.62. The fourth-order valence-corrected chi connectivity index (χ4v) is 5.09. The number of halogens is 1. The monoisotopic (exact) mass is 473 g/mol. The minimum atomic E-state index is -4.13. The third-order valence-electron chi connectivity index (χ3n) is 5.62. The van der Waals surface area contributed by atoms with Crippen LogP contribution in [0.5, 0.6) is 0 Å². The van der Waals surface area contributed by atoms with Gasteiger partial charge in [0.05, 0.1) is 17.5 Å². The van der Waals surface area contributed by atoms with E-state index in [2.05, 4.69) is 10.3 Å². The van der Waals surface area contributed by atoms with E-state index in [1.54, 1.807) is 31.3 Å². The van der Waals surface area contributed by atoms with E-state index in [4.69, 9.17) is 4.74 Å². The van der Waals surface area contributed by atoms with Gasteiger partial charge in [0.1, 0.15) is 17.7 Å². The average molecular weight is 474 g/mol. The molecule has 0 spiro atoms. The van der Waals surface area contributed by atoms with Crippen molar-refractivity contribution in [3.63, 3.8) is 0 Å². The molecule has 0 bridgehead atoms. The smallest absolute Gasteiger partial charge is 0.353 e. The van der Waals surface area contributed by atoms with Crippen LogP contribution in [-0.4, -0.2) is 53.9 Å². The number of nitrogens with zero attached hydrogens (tertiary/aromatic N) is 2. The highest BCUT2D eigenvalue weighted by Gasteiger charge is 2.27. The molecule has 1 fully saturated rings. The number of carboxylic acids is 1. The second-order valence-corrected chi connectivity index (χ2v) is 9.86. The Morgan fingerprint density at radius 1 is 1.24 bits per heavy atom. The molecular weight excluding hydrogens is 449 g/mol. The summed E-state index contributed by atoms with van der Waals surface area (Å²) in [6, 6.07) is 8.71. The molecular formula is C23H24FN3O5S. The van der Waals surface area contributed by atoms with Crippen LogP contribution in [0, 0.1) is 13.8 Å². The predicted molar refractivity (Wildman–Crippen MR) is 121 cm³/mol. The highest BCUT2D eigenvalue weighted by atomic mass is 32.2. The molecule has 174 valence electrons. The number of benzene rings is 1. The van der Waals surface area contributed by atoms with E-state index in [0.717, 1.165) is 9.54 Å². The number of rotatable bonds is 6. The van der Waals surface area contributed by atoms with Crippen LogP contribution < -0.4 is 5.32 Å². The summed E-state index contributed by atoms with van der Waals surface area (Å²) >= 11 is 0. The van der Waals surface area contributed by atoms with Crippen molar-refractivity contribution >= 4 is 21.8 Å². The Morgan fingerprint density at radius 2 is 1.97 bits per heavy atom. The number of ether oxygens (including phenoxy) is 1. The lowest BCUT2D eigenvalue weighted by Crippen LogP contribution is -2.39. The van der Waals surface area contributed by atoms with Crippen molar-refractivity contribution in [3.8, 4) is 11.1 Å². The highest BCUT2D eigenvalue weighted by molar-refractivity contribution is 7.90. The Hall–Kier alpha value is -3.24. The number of nitrogens with one attached hydrogen (secondary N) is 1. The molecule has 10 heteroatoms. The maximum atomic E-state index is 14.1. The van der Waals surface area contributed by atoms with Crippen molar-refractivity contribution in [1.82, 2.24) is 8.96 Å². The van der Waals surface area contributed by atoms with E-state index in [1.165, 1.54) is 24.4 Å². The molecule has 4 rings (SSSR count). The van der Waals surface area contributed by atoms with Gasteiger partial charge in [-0.05, 0) is 55.7 Å². The SMILES string of the molecule is Cc1ccc(S(=O)(=O)n2cc(-c3cc(N[C@H]4CCOC[C@H]4F)ncc3C)cc2C(=O)O)cc1. The molecule has 1 aromatic carbocycles. The van der Waals surface area contributed by atoms with E-state index < -0.39 is 28.2 Å². The van der Waals surface area contributed by atoms with Crippen LogP contribution in [0.4, 0.5) is 10.2 Å². The quantitative estimate of drug-likeness (QED) is 0.562. The first kappa shape index (κ1) is 22.9. The fraction of sp³-hybridized carbons (Fsp3) is 0.304. The number of carbonyl (C=O) groups is 1. The zero-order valence-corrected chi connectivity index (χ0v) is 19.0. The summed E-state index contributed by atoms with van der Waals surface area (Å²) in [7, 11) is -4.13. The van der Waals surface area contributed by atoms with E-state index in [9.17, 15) is 22.7 Å². The van der Waals surface area contributed by atoms with Gasteiger partial charge >= 0.3 is 5.97 Å². The first-order chi connectivity index (χ1) is 15.7. The Bertz CT molecular complexity index is 1290. The maximum absolute atomic E-state index is 14.1. The molecule has 0 aliphatic carbocycles. The lowest BCUT2D eigenvalue weighted by Gasteiger charge is -2.27. The van der Waals surface area contributed by atoms with Crippen LogP contribution in [0.1, 0.15) is 28.0 Å². The fourth-order valence-electron chi connectivity index (χ4n) is 3.74. The first-order valence-electron chi connectivity index (χ1n) is 10.4. The molecule has 2 atom stereocenters. The van der Waals surface area contributed by atoms with Gasteiger partial charge in [0, 0.05) is 24.6 Å². The van der Waals surface area contributed by atoms with Crippen LogP contribution in [-0.2, 0) is 14.8 Å². The summed E-state index contributed by atoms with van der Waals surface area (Å²) < 4.78 is 46.4. The zero-order valence-electron chi connectivity index (χ0n) is 18.2. The number of hydrogen-bond acceptors (Lipinski definition) is 6. The predicted octanol–water partition coefficient (Wildman–Crippen LogP) is 3.64. The first-order valence-corrected chi connectivity index (χ1v) is 11.8. The van der Waals surface area contributed by atoms with Crippen molar-refractivity contribution in [2.24, 2.45) is 0 Å². The highest BCUT2D eigenvalue weighted by Crippen LogP contribution is 2.30. The number of alkyl halides is 1. The third-order valence-corrected chi connectivity index (χ3v) is 7.31. The van der Waals surface area contributed by atoms with Gasteiger partial charge in [-0.3, -0.25) is 0 Å². The molecule has 2 N–H and O–H groups in total. The van der Waals surface area contributed by atoms with E-state index in [1.807, 2.05) is 6.92 Å². The van der Waals surface area contributed by atoms with Gasteiger partial charge in [0.2, 0.25) is 0 Å². The van der Waals surface area contributed by atoms with Crippen LogP contribution in [0.15, 0.2) is 53.7 Å². The molecule has 33 heavy (non-hydrogen) atoms. The number of hydrogen-bond donors (Lipinski definition) is 2. The number of aryl methyl sites for hydroxylation is 2. The minimum absolute atomic E-state index is 0.0120. The largest absolute Gasteiger partial charge is 0.477 e. The second-order valence-electron chi connectivity index (χ2n) is 8.05. The molecule has 3 heterocycles. The van der Waals surface area contributed by atoms with E-state index in [-0.39, 0.29) is 17.2 Å². The number of aromatic nitrogens is 2. The lowest BCUT2D eigenvalue weighted by atomic mass is 10.0. The van der Waals surface area contributed by atoms with Crippen molar-refractivity contribution < 1.29 is 27.4 Å². The summed E-state index contributed by atoms with van der Waals surface area (Å²) in [4.78, 5) is 16.2. The average Bonchev–Trinajstić information content (AvgIpc) is 3.23. The summed E-state index contributed by atoms with van der Waals surface area (Å²) in [6.07, 6.45) is 2.18. The molecule has 0 unspecified atom stereocenters. The molecule has 1 saturated heterocycles. The van der Waals surface area contributed by atoms with Crippen LogP contribution in [0.3, 0.4) is 0 Å². The van der Waals surface area contributed by atoms with Gasteiger partial charge in [0.25, 0.3) is 10.0 Å². The summed E-state index contributed by atoms with van der Waals surface area (Å²) in [5.41, 5.74) is 2.20. The normalized spacial score (nSPS) is 18.8. The zero-order chi connectivity index (χ0) is 23.8. The van der Waals surface area contributed by atoms with Crippen molar-refractivity contribution in [2.45, 2.75) is 37.4 Å². The van der Waals surface area contributed by atoms with E-state index in [0.29, 0.717) is 35.5 Å². The molecule has 8 nitrogen and oxygen atoms in total. The van der Waals surface area contributed by atoms with Crippen molar-refractivity contribution in [3.05, 3.63) is 65.6 Å². The molecule has 0 saturated carbocycles. The van der Waals surface area contributed by atoms with Crippen molar-refractivity contribution in [1.29, 1.82) is 0 Å². The topological polar surface area (TPSA) is 111 Å². The summed E-state index contributed by atoms with van der Waals surface area (Å²) in [6.45, 7) is 4.07. The molecule has 1 aliphatic rings. The molecule has 2 aromatic heterocycles. The summed E-state index contributed by atoms with van der Waals surface area (Å²) in [5.74, 6) is -0.958. The van der Waals surface area contributed by atoms with Crippen LogP contribution in [0.2, 0.25) is 0 Å². The van der Waals surface area contributed by atoms with Gasteiger partial charge in [-0.25, -0.2) is 26.6 Å². The van der Waals surface area contributed by atoms with Crippen LogP contribution in [0.25, 0.3) is 11.1 Å². The Morgan fingerprint density at radius 3 is 2.64 bits per heavy atom. The van der Waals surface area contributed by atoms with Gasteiger partial charge in [-0.15, -0.1) is 0 Å². The van der Waals surface area contributed by atoms with Crippen molar-refractivity contribution in [2.75, 3.05) is 18.5 Å². The lowest BCUT2D eigenvalue weighted by molar-refractivity contribution is 0.0285. The van der Waals surface area contributed by atoms with Gasteiger partial charge in [-0.2, -0.15) is 0 Å². The Labute approximate surface area is 191 Å². The number of carboxylic acid groups (broad SMARTS) is 1. The standard InChI is InChI=1S/C23H24FN3O5S/c1-14-3-5-17(6-4-14)33(30,31)27-12-16(9-21(27)23(28)29)18-10-22(25-11-15(18)2)26-20-7-8-32-13-19(20)24/h3-6,9-12,19-20H,7-8,13H2,1-2H3,(H,25,26)(H,28,29)/t19-,20+/m1/s1. The van der Waals surface area contributed by atoms with Gasteiger partial charge in [-0.1, -0.05) is 17.7 Å². The number of anilines is 1. The Kier molecular flexibility index (Phi) is 6.22. The molecule has 0 amide bonds.